The first-order valence-electron chi connectivity index (χ1n) is 6.30. The molecule has 4 heteroatoms. The molecular formula is C16H17F2NO. The lowest BCUT2D eigenvalue weighted by molar-refractivity contribution is 0.410. The van der Waals surface area contributed by atoms with Crippen LogP contribution in [0, 0.1) is 11.6 Å². The number of halogens is 2. The van der Waals surface area contributed by atoms with Gasteiger partial charge >= 0.3 is 0 Å². The number of methoxy groups -OCH3 is 1. The fourth-order valence-electron chi connectivity index (χ4n) is 2.15. The van der Waals surface area contributed by atoms with Gasteiger partial charge in [-0.05, 0) is 54.8 Å². The highest BCUT2D eigenvalue weighted by Gasteiger charge is 2.24. The molecule has 0 aliphatic carbocycles. The molecule has 0 aliphatic heterocycles. The van der Waals surface area contributed by atoms with Crippen LogP contribution in [0.2, 0.25) is 0 Å². The Morgan fingerprint density at radius 1 is 1.15 bits per heavy atom. The highest BCUT2D eigenvalue weighted by molar-refractivity contribution is 5.34. The van der Waals surface area contributed by atoms with Crippen molar-refractivity contribution in [2.24, 2.45) is 5.73 Å². The lowest BCUT2D eigenvalue weighted by atomic mass is 9.86. The van der Waals surface area contributed by atoms with Crippen molar-refractivity contribution in [3.8, 4) is 5.75 Å². The van der Waals surface area contributed by atoms with Crippen LogP contribution < -0.4 is 10.5 Å². The Labute approximate surface area is 117 Å². The molecule has 0 spiro atoms. The third kappa shape index (κ3) is 3.14. The molecule has 106 valence electrons. The Hall–Kier alpha value is -1.94. The van der Waals surface area contributed by atoms with E-state index in [0.29, 0.717) is 5.75 Å². The third-order valence-corrected chi connectivity index (χ3v) is 3.29. The van der Waals surface area contributed by atoms with E-state index in [0.717, 1.165) is 17.7 Å². The Kier molecular flexibility index (Phi) is 4.04. The molecule has 0 saturated heterocycles. The molecule has 1 atom stereocenters. The van der Waals surface area contributed by atoms with Crippen LogP contribution >= 0.6 is 0 Å². The van der Waals surface area contributed by atoms with Crippen LogP contribution in [0.25, 0.3) is 0 Å². The van der Waals surface area contributed by atoms with Crippen molar-refractivity contribution < 1.29 is 13.5 Å². The predicted octanol–water partition coefficient (Wildman–Crippen LogP) is 3.39. The van der Waals surface area contributed by atoms with Crippen molar-refractivity contribution in [3.63, 3.8) is 0 Å². The fourth-order valence-corrected chi connectivity index (χ4v) is 2.15. The quantitative estimate of drug-likeness (QED) is 0.929. The molecule has 2 aromatic rings. The average molecular weight is 277 g/mol. The average Bonchev–Trinajstić information content (AvgIpc) is 2.43. The first-order valence-corrected chi connectivity index (χ1v) is 6.30. The van der Waals surface area contributed by atoms with Gasteiger partial charge < -0.3 is 10.5 Å². The first kappa shape index (κ1) is 14.5. The van der Waals surface area contributed by atoms with Crippen molar-refractivity contribution in [3.05, 3.63) is 65.2 Å². The number of rotatable bonds is 4. The third-order valence-electron chi connectivity index (χ3n) is 3.29. The molecule has 2 aromatic carbocycles. The van der Waals surface area contributed by atoms with E-state index in [9.17, 15) is 8.78 Å². The minimum absolute atomic E-state index is 0.198. The summed E-state index contributed by atoms with van der Waals surface area (Å²) in [6.45, 7) is 1.78. The van der Waals surface area contributed by atoms with Crippen LogP contribution in [-0.2, 0) is 12.0 Å². The minimum Gasteiger partial charge on any atom is -0.497 e. The molecule has 0 aliphatic rings. The molecule has 0 radical (unpaired) electrons. The summed E-state index contributed by atoms with van der Waals surface area (Å²) in [5, 5.41) is 0. The van der Waals surface area contributed by atoms with Crippen molar-refractivity contribution in [1.82, 2.24) is 0 Å². The van der Waals surface area contributed by atoms with E-state index in [1.807, 2.05) is 18.2 Å². The van der Waals surface area contributed by atoms with E-state index in [1.54, 1.807) is 20.1 Å². The number of nitrogens with two attached hydrogens (primary N) is 1. The standard InChI is InChI=1S/C16H17F2NO/c1-16(19,12-4-3-5-14(9-12)20-2)10-11-8-13(17)6-7-15(11)18/h3-9H,10,19H2,1-2H3. The molecule has 2 rings (SSSR count). The molecule has 2 N–H and O–H groups in total. The van der Waals surface area contributed by atoms with Gasteiger partial charge in [0, 0.05) is 5.54 Å². The summed E-state index contributed by atoms with van der Waals surface area (Å²) in [6, 6.07) is 10.7. The monoisotopic (exact) mass is 277 g/mol. The number of hydrogen-bond acceptors (Lipinski definition) is 2. The molecule has 0 heterocycles. The first-order chi connectivity index (χ1) is 9.42. The maximum absolute atomic E-state index is 13.7. The second-order valence-corrected chi connectivity index (χ2v) is 5.06. The lowest BCUT2D eigenvalue weighted by Gasteiger charge is -2.26. The maximum Gasteiger partial charge on any atom is 0.126 e. The van der Waals surface area contributed by atoms with Gasteiger partial charge in [-0.15, -0.1) is 0 Å². The van der Waals surface area contributed by atoms with E-state index >= 15 is 0 Å². The van der Waals surface area contributed by atoms with E-state index in [4.69, 9.17) is 10.5 Å². The number of benzene rings is 2. The van der Waals surface area contributed by atoms with Gasteiger partial charge in [0.15, 0.2) is 0 Å². The fraction of sp³-hybridized carbons (Fsp3) is 0.250. The van der Waals surface area contributed by atoms with Crippen molar-refractivity contribution >= 4 is 0 Å². The van der Waals surface area contributed by atoms with Crippen molar-refractivity contribution in [1.29, 1.82) is 0 Å². The number of hydrogen-bond donors (Lipinski definition) is 1. The molecule has 0 aromatic heterocycles. The molecule has 0 bridgehead atoms. The highest BCUT2D eigenvalue weighted by atomic mass is 19.1. The maximum atomic E-state index is 13.7. The summed E-state index contributed by atoms with van der Waals surface area (Å²) in [5.41, 5.74) is 6.52. The summed E-state index contributed by atoms with van der Waals surface area (Å²) >= 11 is 0. The second kappa shape index (κ2) is 5.59. The molecule has 2 nitrogen and oxygen atoms in total. The largest absolute Gasteiger partial charge is 0.497 e. The zero-order chi connectivity index (χ0) is 14.8. The molecular weight excluding hydrogens is 260 g/mol. The zero-order valence-electron chi connectivity index (χ0n) is 11.5. The molecule has 0 amide bonds. The van der Waals surface area contributed by atoms with E-state index in [1.165, 1.54) is 6.07 Å². The normalized spacial score (nSPS) is 13.8. The van der Waals surface area contributed by atoms with Gasteiger partial charge in [-0.1, -0.05) is 12.1 Å². The summed E-state index contributed by atoms with van der Waals surface area (Å²) in [7, 11) is 1.57. The molecule has 1 unspecified atom stereocenters. The molecule has 0 fully saturated rings. The highest BCUT2D eigenvalue weighted by Crippen LogP contribution is 2.27. The van der Waals surface area contributed by atoms with E-state index in [2.05, 4.69) is 0 Å². The summed E-state index contributed by atoms with van der Waals surface area (Å²) in [6.07, 6.45) is 0.198. The van der Waals surface area contributed by atoms with E-state index < -0.39 is 17.2 Å². The summed E-state index contributed by atoms with van der Waals surface area (Å²) in [4.78, 5) is 0. The number of ether oxygens (including phenoxy) is 1. The van der Waals surface area contributed by atoms with Crippen molar-refractivity contribution in [2.45, 2.75) is 18.9 Å². The SMILES string of the molecule is COc1cccc(C(C)(N)Cc2cc(F)ccc2F)c1. The van der Waals surface area contributed by atoms with Crippen LogP contribution in [0.15, 0.2) is 42.5 Å². The van der Waals surface area contributed by atoms with Crippen LogP contribution in [-0.4, -0.2) is 7.11 Å². The second-order valence-electron chi connectivity index (χ2n) is 5.06. The van der Waals surface area contributed by atoms with Gasteiger partial charge in [-0.2, -0.15) is 0 Å². The Balaban J connectivity index is 2.32. The van der Waals surface area contributed by atoms with Gasteiger partial charge in [0.25, 0.3) is 0 Å². The Morgan fingerprint density at radius 2 is 1.90 bits per heavy atom. The van der Waals surface area contributed by atoms with Crippen molar-refractivity contribution in [2.75, 3.05) is 7.11 Å². The Bertz CT molecular complexity index is 611. The van der Waals surface area contributed by atoms with E-state index in [-0.39, 0.29) is 12.0 Å². The smallest absolute Gasteiger partial charge is 0.126 e. The van der Waals surface area contributed by atoms with Crippen LogP contribution in [0.5, 0.6) is 5.75 Å². The van der Waals surface area contributed by atoms with Gasteiger partial charge in [-0.25, -0.2) is 8.78 Å². The zero-order valence-corrected chi connectivity index (χ0v) is 11.5. The lowest BCUT2D eigenvalue weighted by Crippen LogP contribution is -2.35. The molecule has 20 heavy (non-hydrogen) atoms. The predicted molar refractivity (Wildman–Crippen MR) is 74.6 cm³/mol. The minimum atomic E-state index is -0.816. The van der Waals surface area contributed by atoms with Crippen LogP contribution in [0.1, 0.15) is 18.1 Å². The van der Waals surface area contributed by atoms with Gasteiger partial charge in [0.2, 0.25) is 0 Å². The van der Waals surface area contributed by atoms with Crippen LogP contribution in [0.4, 0.5) is 8.78 Å². The summed E-state index contributed by atoms with van der Waals surface area (Å²) < 4.78 is 32.1. The topological polar surface area (TPSA) is 35.2 Å². The van der Waals surface area contributed by atoms with Gasteiger partial charge in [0.1, 0.15) is 17.4 Å². The van der Waals surface area contributed by atoms with Crippen LogP contribution in [0.3, 0.4) is 0 Å². The van der Waals surface area contributed by atoms with Gasteiger partial charge in [-0.3, -0.25) is 0 Å². The summed E-state index contributed by atoms with van der Waals surface area (Å²) in [5.74, 6) is -0.243. The molecule has 0 saturated carbocycles. The van der Waals surface area contributed by atoms with Gasteiger partial charge in [0.05, 0.1) is 7.11 Å². The Morgan fingerprint density at radius 3 is 2.60 bits per heavy atom.